The fraction of sp³-hybridized carbons (Fsp3) is 0.250. The molecule has 0 bridgehead atoms. The van der Waals surface area contributed by atoms with Gasteiger partial charge >= 0.3 is 598 Å². The third-order valence-corrected chi connectivity index (χ3v) is 26.7. The van der Waals surface area contributed by atoms with Crippen molar-refractivity contribution in [2.75, 3.05) is 74.3 Å². The van der Waals surface area contributed by atoms with E-state index in [1.165, 1.54) is 54.3 Å². The van der Waals surface area contributed by atoms with Crippen molar-refractivity contribution in [1.82, 2.24) is 28.7 Å². The number of nitrogens with zero attached hydrogens (tertiary/aromatic N) is 9. The summed E-state index contributed by atoms with van der Waals surface area (Å²) in [4.78, 5) is 81.3. The third-order valence-electron chi connectivity index (χ3n) is 19.6. The standard InChI is InChI=1S/C24H18F3N3O4Se.C24H19F2N3O4Se.C24H20FN3O4Se/c25-14-9-15(26)20(27)13-11-35-17-4-2-1-3-12(17)21(19(13)14)30-18-10-34-8-7-28(18)24(33)22-23(32)16(31)5-6-29(22)30;25-15-5-6-16(26)20-14(15)12-34-18-4-2-1-3-13(18)21(20)29-19-11-33-10-9-27(19)24(32)22-23(31)17(30)7-8-28(22)29;25-15-6-5-14-13-33-19-4-2-1-3-16(19)21(17(14)11-15)28-20-12-32-10-9-26(20)24(31)22-23(30)18(29)7-8-27(22)28/h1-6,9,18,21,32H,7-8,10-11H2;1-8,19,21,31H,9-12H2;1-8,11,20-21,30H,9-10,12-13H2. The van der Waals surface area contributed by atoms with Gasteiger partial charge in [-0.15, -0.1) is 0 Å². The number of morpholine rings is 3. The normalized spacial score (nSPS) is 21.3. The van der Waals surface area contributed by atoms with E-state index in [9.17, 15) is 52.9 Å². The Morgan fingerprint density at radius 1 is 0.392 bits per heavy atom. The number of pyridine rings is 3. The van der Waals surface area contributed by atoms with Crippen LogP contribution in [-0.2, 0) is 30.2 Å². The van der Waals surface area contributed by atoms with Crippen molar-refractivity contribution >= 4 is 76.0 Å². The number of hydrogen-bond acceptors (Lipinski definition) is 15. The molecule has 102 heavy (non-hydrogen) atoms. The van der Waals surface area contributed by atoms with E-state index in [4.69, 9.17) is 14.2 Å². The van der Waals surface area contributed by atoms with E-state index in [2.05, 4.69) is 6.07 Å². The summed E-state index contributed by atoms with van der Waals surface area (Å²) >= 11 is -0.345. The first-order valence-electron chi connectivity index (χ1n) is 32.3. The maximum absolute atomic E-state index is 15.6. The molecule has 3 N–H and O–H groups in total. The molecule has 6 atom stereocenters. The predicted molar refractivity (Wildman–Crippen MR) is 360 cm³/mol. The van der Waals surface area contributed by atoms with Crippen LogP contribution in [0.4, 0.5) is 26.3 Å². The fourth-order valence-electron chi connectivity index (χ4n) is 15.0. The Bertz CT molecular complexity index is 5190. The Morgan fingerprint density at radius 3 is 1.25 bits per heavy atom. The van der Waals surface area contributed by atoms with Crippen LogP contribution in [0.3, 0.4) is 0 Å². The van der Waals surface area contributed by atoms with Gasteiger partial charge in [0.1, 0.15) is 0 Å². The summed E-state index contributed by atoms with van der Waals surface area (Å²) in [7, 11) is 0. The van der Waals surface area contributed by atoms with Gasteiger partial charge in [0.05, 0.1) is 0 Å². The summed E-state index contributed by atoms with van der Waals surface area (Å²) in [6.07, 6.45) is 2.34. The molecule has 9 aliphatic rings. The van der Waals surface area contributed by atoms with Crippen LogP contribution in [0.25, 0.3) is 0 Å². The number of benzene rings is 6. The number of fused-ring (bicyclic) bond motifs is 12. The topological polar surface area (TPSA) is 225 Å². The molecule has 9 aliphatic heterocycles. The first-order chi connectivity index (χ1) is 49.4. The molecular formula is C72H57F6N9O12Se3. The van der Waals surface area contributed by atoms with E-state index in [1.54, 1.807) is 37.8 Å². The van der Waals surface area contributed by atoms with Crippen molar-refractivity contribution in [1.29, 1.82) is 0 Å². The average Bonchev–Trinajstić information content (AvgIpc) is 1.10. The van der Waals surface area contributed by atoms with Gasteiger partial charge < -0.3 is 0 Å². The SMILES string of the molecule is O=C1c2c(O)c(=O)ccn2N(C2c3cc(F)ccc3C[Se]c3ccccc32)C2COCCN12.O=C1c2c(O)c(=O)ccn2N(C2c3ccccc3[Se]Cc3c(F)c(F)cc(F)c32)C2COCCN12.O=C1c2c(O)c(=O)ccn2N(C2c3ccccc3[Se]Cc3c(F)ccc(F)c32)C2COCCN12. The molecule has 6 unspecified atom stereocenters. The van der Waals surface area contributed by atoms with Crippen molar-refractivity contribution in [3.05, 3.63) is 279 Å². The molecule has 0 spiro atoms. The average molecular weight is 1590 g/mol. The zero-order valence-corrected chi connectivity index (χ0v) is 58.5. The summed E-state index contributed by atoms with van der Waals surface area (Å²) in [6, 6.07) is 31.9. The van der Waals surface area contributed by atoms with E-state index in [0.717, 1.165) is 60.8 Å². The van der Waals surface area contributed by atoms with Gasteiger partial charge in [0, 0.05) is 0 Å². The second-order valence-corrected chi connectivity index (χ2v) is 31.4. The van der Waals surface area contributed by atoms with Crippen molar-refractivity contribution in [3.63, 3.8) is 0 Å². The number of amides is 3. The molecule has 0 aliphatic carbocycles. The van der Waals surface area contributed by atoms with Gasteiger partial charge in [0.25, 0.3) is 0 Å². The summed E-state index contributed by atoms with van der Waals surface area (Å²) in [5.41, 5.74) is 2.14. The zero-order chi connectivity index (χ0) is 70.7. The number of halogens is 6. The number of rotatable bonds is 3. The second-order valence-electron chi connectivity index (χ2n) is 25.0. The van der Waals surface area contributed by atoms with E-state index >= 15 is 17.6 Å². The van der Waals surface area contributed by atoms with Gasteiger partial charge in [-0.3, -0.25) is 0 Å². The third kappa shape index (κ3) is 11.0. The summed E-state index contributed by atoms with van der Waals surface area (Å²) < 4.78 is 115. The minimum absolute atomic E-state index is 0.0419. The van der Waals surface area contributed by atoms with Gasteiger partial charge in [-0.25, -0.2) is 0 Å². The van der Waals surface area contributed by atoms with E-state index < -0.39 is 117 Å². The number of carbonyl (C=O) groups is 3. The van der Waals surface area contributed by atoms with Gasteiger partial charge in [-0.05, 0) is 0 Å². The Morgan fingerprint density at radius 2 is 0.784 bits per heavy atom. The number of ether oxygens (including phenoxy) is 3. The van der Waals surface area contributed by atoms with Crippen molar-refractivity contribution in [3.8, 4) is 17.2 Å². The predicted octanol–water partition coefficient (Wildman–Crippen LogP) is 3.64. The molecule has 0 radical (unpaired) electrons. The second kappa shape index (κ2) is 26.7. The van der Waals surface area contributed by atoms with E-state index in [0.29, 0.717) is 35.7 Å². The van der Waals surface area contributed by atoms with Crippen molar-refractivity contribution in [2.45, 2.75) is 52.6 Å². The van der Waals surface area contributed by atoms with E-state index in [1.807, 2.05) is 65.7 Å². The molecule has 3 fully saturated rings. The fourth-order valence-corrected chi connectivity index (χ4v) is 21.9. The quantitative estimate of drug-likeness (QED) is 0.131. The van der Waals surface area contributed by atoms with Crippen LogP contribution in [0.15, 0.2) is 160 Å². The maximum atomic E-state index is 15.6. The molecule has 30 heteroatoms. The number of aromatic nitrogens is 3. The number of aromatic hydroxyl groups is 3. The Kier molecular flexibility index (Phi) is 17.5. The molecule has 0 saturated carbocycles. The van der Waals surface area contributed by atoms with Crippen LogP contribution in [0.2, 0.25) is 0 Å². The minimum atomic E-state index is -1.26. The summed E-state index contributed by atoms with van der Waals surface area (Å²) in [5.74, 6) is -8.13. The molecular weight excluding hydrogens is 1530 g/mol. The zero-order valence-electron chi connectivity index (χ0n) is 53.3. The van der Waals surface area contributed by atoms with Crippen LogP contribution in [0.1, 0.15) is 99.7 Å². The van der Waals surface area contributed by atoms with Crippen LogP contribution in [-0.4, -0.2) is 184 Å². The molecule has 3 saturated heterocycles. The molecule has 9 aromatic rings. The van der Waals surface area contributed by atoms with Gasteiger partial charge in [-0.1, -0.05) is 0 Å². The Balaban J connectivity index is 0.000000118. The molecule has 3 amide bonds. The molecule has 3 aromatic heterocycles. The van der Waals surface area contributed by atoms with Crippen molar-refractivity contribution < 1.29 is 70.3 Å². The Labute approximate surface area is 594 Å². The van der Waals surface area contributed by atoms with Crippen LogP contribution in [0.5, 0.6) is 17.2 Å². The monoisotopic (exact) mass is 1590 g/mol. The van der Waals surface area contributed by atoms with Crippen LogP contribution in [0, 0.1) is 34.9 Å². The Hall–Kier alpha value is -9.60. The summed E-state index contributed by atoms with van der Waals surface area (Å²) in [5, 5.41) is 38.4. The summed E-state index contributed by atoms with van der Waals surface area (Å²) in [6.45, 7) is 2.08. The van der Waals surface area contributed by atoms with Crippen LogP contribution < -0.4 is 44.7 Å². The van der Waals surface area contributed by atoms with Gasteiger partial charge in [-0.2, -0.15) is 0 Å². The molecule has 18 rings (SSSR count). The first-order valence-corrected chi connectivity index (χ1v) is 38.5. The first kappa shape index (κ1) is 66.9. The number of carbonyl (C=O) groups excluding carboxylic acids is 3. The molecule has 522 valence electrons. The van der Waals surface area contributed by atoms with Crippen molar-refractivity contribution in [2.24, 2.45) is 0 Å². The van der Waals surface area contributed by atoms with Gasteiger partial charge in [0.15, 0.2) is 0 Å². The van der Waals surface area contributed by atoms with Gasteiger partial charge in [0.2, 0.25) is 0 Å². The number of hydrogen-bond donors (Lipinski definition) is 3. The van der Waals surface area contributed by atoms with E-state index in [-0.39, 0.29) is 136 Å². The molecule has 6 aromatic carbocycles. The molecule has 21 nitrogen and oxygen atoms in total. The molecule has 12 heterocycles. The van der Waals surface area contributed by atoms with Crippen LogP contribution >= 0.6 is 0 Å².